The van der Waals surface area contributed by atoms with Crippen molar-refractivity contribution >= 4 is 40.7 Å². The lowest BCUT2D eigenvalue weighted by Crippen LogP contribution is -2.27. The third-order valence-electron chi connectivity index (χ3n) is 2.94. The van der Waals surface area contributed by atoms with E-state index in [9.17, 15) is 9.59 Å². The molecule has 0 amide bonds. The molecule has 1 aliphatic carbocycles. The fourth-order valence-corrected chi connectivity index (χ4v) is 2.64. The first-order valence-electron chi connectivity index (χ1n) is 5.28. The molecule has 86 valence electrons. The first-order valence-corrected chi connectivity index (χ1v) is 6.36. The van der Waals surface area contributed by atoms with Crippen LogP contribution in [0.25, 0.3) is 5.57 Å². The lowest BCUT2D eigenvalue weighted by atomic mass is 9.74. The molecule has 0 fully saturated rings. The normalized spacial score (nSPS) is 17.4. The molecule has 3 heteroatoms. The monoisotopic (exact) mass is 338 g/mol. The average molecular weight is 338 g/mol. The van der Waals surface area contributed by atoms with Crippen LogP contribution in [0.1, 0.15) is 12.0 Å². The molecule has 0 spiro atoms. The van der Waals surface area contributed by atoms with Gasteiger partial charge in [0.05, 0.1) is 0 Å². The van der Waals surface area contributed by atoms with Gasteiger partial charge < -0.3 is 9.59 Å². The highest BCUT2D eigenvalue weighted by atomic mass is 127. The predicted octanol–water partition coefficient (Wildman–Crippen LogP) is 3.02. The van der Waals surface area contributed by atoms with Crippen molar-refractivity contribution in [1.82, 2.24) is 0 Å². The molecular formula is C14H11IO2. The Morgan fingerprint density at radius 2 is 1.88 bits per heavy atom. The minimum atomic E-state index is -1.02. The summed E-state index contributed by atoms with van der Waals surface area (Å²) in [4.78, 5) is 22.6. The molecule has 1 aliphatic rings. The molecule has 0 N–H and O–H groups in total. The van der Waals surface area contributed by atoms with Gasteiger partial charge >= 0.3 is 0 Å². The molecule has 0 heterocycles. The lowest BCUT2D eigenvalue weighted by molar-refractivity contribution is -0.122. The van der Waals surface area contributed by atoms with Crippen LogP contribution >= 0.6 is 22.6 Å². The van der Waals surface area contributed by atoms with Gasteiger partial charge in [0.15, 0.2) is 0 Å². The Labute approximate surface area is 114 Å². The second-order valence-electron chi connectivity index (χ2n) is 3.97. The maximum absolute atomic E-state index is 11.3. The summed E-state index contributed by atoms with van der Waals surface area (Å²) in [6.45, 7) is 0. The second-order valence-corrected chi connectivity index (χ2v) is 5.13. The smallest absolute Gasteiger partial charge is 0.138 e. The van der Waals surface area contributed by atoms with Crippen molar-refractivity contribution in [3.8, 4) is 0 Å². The SMILES string of the molecule is O=CC1(C=O)CC=CC=C1c1ccccc1I. The molecule has 0 saturated heterocycles. The zero-order valence-electron chi connectivity index (χ0n) is 9.10. The predicted molar refractivity (Wildman–Crippen MR) is 75.5 cm³/mol. The summed E-state index contributed by atoms with van der Waals surface area (Å²) in [5, 5.41) is 0. The Kier molecular flexibility index (Phi) is 3.57. The van der Waals surface area contributed by atoms with E-state index in [-0.39, 0.29) is 0 Å². The largest absolute Gasteiger partial charge is 0.302 e. The molecule has 0 aromatic heterocycles. The van der Waals surface area contributed by atoms with Gasteiger partial charge in [-0.1, -0.05) is 36.4 Å². The van der Waals surface area contributed by atoms with E-state index < -0.39 is 5.41 Å². The Bertz CT molecular complexity index is 507. The number of hydrogen-bond acceptors (Lipinski definition) is 2. The minimum absolute atomic E-state index is 0.441. The Balaban J connectivity index is 2.59. The van der Waals surface area contributed by atoms with Crippen LogP contribution in [0.2, 0.25) is 0 Å². The van der Waals surface area contributed by atoms with Crippen LogP contribution in [0.15, 0.2) is 42.5 Å². The molecule has 1 aromatic rings. The van der Waals surface area contributed by atoms with Gasteiger partial charge in [0.25, 0.3) is 0 Å². The van der Waals surface area contributed by atoms with E-state index in [4.69, 9.17) is 0 Å². The van der Waals surface area contributed by atoms with Crippen LogP contribution in [-0.4, -0.2) is 12.6 Å². The number of hydrogen-bond donors (Lipinski definition) is 0. The highest BCUT2D eigenvalue weighted by Crippen LogP contribution is 2.39. The standard InChI is InChI=1S/C14H11IO2/c15-13-7-2-1-5-11(13)12-6-3-4-8-14(12,9-16)10-17/h1-7,9-10H,8H2. The van der Waals surface area contributed by atoms with E-state index in [2.05, 4.69) is 22.6 Å². The van der Waals surface area contributed by atoms with Crippen molar-refractivity contribution in [2.75, 3.05) is 0 Å². The number of halogens is 1. The summed E-state index contributed by atoms with van der Waals surface area (Å²) < 4.78 is 1.04. The maximum atomic E-state index is 11.3. The van der Waals surface area contributed by atoms with Crippen LogP contribution in [0.4, 0.5) is 0 Å². The fourth-order valence-electron chi connectivity index (χ4n) is 1.96. The molecule has 2 rings (SSSR count). The van der Waals surface area contributed by atoms with Gasteiger partial charge in [-0.2, -0.15) is 0 Å². The molecule has 2 nitrogen and oxygen atoms in total. The molecule has 17 heavy (non-hydrogen) atoms. The van der Waals surface area contributed by atoms with E-state index in [1.165, 1.54) is 0 Å². The van der Waals surface area contributed by atoms with Crippen molar-refractivity contribution in [2.24, 2.45) is 5.41 Å². The molecule has 0 radical (unpaired) electrons. The highest BCUT2D eigenvalue weighted by molar-refractivity contribution is 14.1. The van der Waals surface area contributed by atoms with E-state index in [1.54, 1.807) is 0 Å². The highest BCUT2D eigenvalue weighted by Gasteiger charge is 2.35. The maximum Gasteiger partial charge on any atom is 0.138 e. The number of allylic oxidation sites excluding steroid dienone is 4. The lowest BCUT2D eigenvalue weighted by Gasteiger charge is -2.26. The summed E-state index contributed by atoms with van der Waals surface area (Å²) in [5.41, 5.74) is 0.724. The molecule has 1 aromatic carbocycles. The number of benzene rings is 1. The second kappa shape index (κ2) is 4.96. The van der Waals surface area contributed by atoms with E-state index >= 15 is 0 Å². The molecular weight excluding hydrogens is 327 g/mol. The average Bonchev–Trinajstić information content (AvgIpc) is 2.39. The van der Waals surface area contributed by atoms with Gasteiger partial charge in [-0.05, 0) is 46.2 Å². The van der Waals surface area contributed by atoms with Gasteiger partial charge in [-0.3, -0.25) is 0 Å². The topological polar surface area (TPSA) is 34.1 Å². The quantitative estimate of drug-likeness (QED) is 0.482. The van der Waals surface area contributed by atoms with Crippen LogP contribution < -0.4 is 0 Å². The van der Waals surface area contributed by atoms with E-state index in [1.807, 2.05) is 42.5 Å². The van der Waals surface area contributed by atoms with Crippen LogP contribution in [0.5, 0.6) is 0 Å². The van der Waals surface area contributed by atoms with Crippen LogP contribution in [0.3, 0.4) is 0 Å². The summed E-state index contributed by atoms with van der Waals surface area (Å²) in [6.07, 6.45) is 7.53. The van der Waals surface area contributed by atoms with Gasteiger partial charge in [0.2, 0.25) is 0 Å². The summed E-state index contributed by atoms with van der Waals surface area (Å²) in [6, 6.07) is 7.76. The zero-order valence-corrected chi connectivity index (χ0v) is 11.3. The summed E-state index contributed by atoms with van der Waals surface area (Å²) in [7, 11) is 0. The Morgan fingerprint density at radius 3 is 2.53 bits per heavy atom. The summed E-state index contributed by atoms with van der Waals surface area (Å²) in [5.74, 6) is 0. The van der Waals surface area contributed by atoms with E-state index in [0.717, 1.165) is 27.3 Å². The Morgan fingerprint density at radius 1 is 1.18 bits per heavy atom. The number of carbonyl (C=O) groups is 2. The third kappa shape index (κ3) is 2.11. The van der Waals surface area contributed by atoms with Gasteiger partial charge in [0.1, 0.15) is 18.0 Å². The van der Waals surface area contributed by atoms with Crippen molar-refractivity contribution in [2.45, 2.75) is 6.42 Å². The molecule has 0 atom stereocenters. The third-order valence-corrected chi connectivity index (χ3v) is 3.88. The zero-order chi connectivity index (χ0) is 12.3. The van der Waals surface area contributed by atoms with Crippen LogP contribution in [-0.2, 0) is 9.59 Å². The van der Waals surface area contributed by atoms with Gasteiger partial charge in [-0.15, -0.1) is 0 Å². The molecule has 0 aliphatic heterocycles. The Hall–Kier alpha value is -1.23. The molecule has 0 bridgehead atoms. The van der Waals surface area contributed by atoms with Crippen molar-refractivity contribution in [3.05, 3.63) is 51.6 Å². The number of carbonyl (C=O) groups excluding carboxylic acids is 2. The van der Waals surface area contributed by atoms with Crippen molar-refractivity contribution in [1.29, 1.82) is 0 Å². The van der Waals surface area contributed by atoms with Crippen molar-refractivity contribution < 1.29 is 9.59 Å². The number of aldehydes is 2. The first-order chi connectivity index (χ1) is 8.23. The van der Waals surface area contributed by atoms with Crippen LogP contribution in [0, 0.1) is 8.99 Å². The van der Waals surface area contributed by atoms with Crippen molar-refractivity contribution in [3.63, 3.8) is 0 Å². The molecule has 0 saturated carbocycles. The first kappa shape index (κ1) is 12.2. The van der Waals surface area contributed by atoms with Gasteiger partial charge in [-0.25, -0.2) is 0 Å². The fraction of sp³-hybridized carbons (Fsp3) is 0.143. The minimum Gasteiger partial charge on any atom is -0.302 e. The van der Waals surface area contributed by atoms with E-state index in [0.29, 0.717) is 6.42 Å². The summed E-state index contributed by atoms with van der Waals surface area (Å²) >= 11 is 2.22. The number of rotatable bonds is 3. The van der Waals surface area contributed by atoms with Gasteiger partial charge in [0, 0.05) is 3.57 Å². The molecule has 0 unspecified atom stereocenters.